The van der Waals surface area contributed by atoms with Crippen LogP contribution in [0.2, 0.25) is 0 Å². The van der Waals surface area contributed by atoms with Gasteiger partial charge in [0.2, 0.25) is 0 Å². The number of hydrogen-bond donors (Lipinski definition) is 0. The zero-order chi connectivity index (χ0) is 5.70. The van der Waals surface area contributed by atoms with Gasteiger partial charge in [-0.15, -0.1) is 4.91 Å². The molecule has 6 heteroatoms. The van der Waals surface area contributed by atoms with Crippen molar-refractivity contribution in [3.05, 3.63) is 15.0 Å². The van der Waals surface area contributed by atoms with Gasteiger partial charge in [0.15, 0.2) is 5.34 Å². The first-order chi connectivity index (χ1) is 3.27. The fourth-order valence-corrected chi connectivity index (χ4v) is 0.0707. The zero-order valence-corrected chi connectivity index (χ0v) is 3.23. The lowest BCUT2D eigenvalue weighted by atomic mass is 11.3. The Kier molecular flexibility index (Phi) is 2.49. The largest absolute Gasteiger partial charge is 0.369 e. The Balaban J connectivity index is 2.97. The van der Waals surface area contributed by atoms with Crippen LogP contribution in [0.4, 0.5) is 0 Å². The molecular weight excluding hydrogens is 104 g/mol. The number of rotatable bonds is 3. The van der Waals surface area contributed by atoms with Gasteiger partial charge in [-0.3, -0.25) is 15.0 Å². The molecular formula is CH2N2O4. The highest BCUT2D eigenvalue weighted by Gasteiger charge is 1.90. The first-order valence-electron chi connectivity index (χ1n) is 1.34. The molecule has 0 aromatic rings. The van der Waals surface area contributed by atoms with E-state index in [4.69, 9.17) is 4.91 Å². The molecule has 40 valence electrons. The molecule has 0 rings (SSSR count). The van der Waals surface area contributed by atoms with E-state index >= 15 is 0 Å². The Bertz CT molecular complexity index is 79.8. The Morgan fingerprint density at radius 3 is 2.57 bits per heavy atom. The van der Waals surface area contributed by atoms with E-state index in [0.717, 1.165) is 0 Å². The van der Waals surface area contributed by atoms with Gasteiger partial charge in [0.25, 0.3) is 0 Å². The van der Waals surface area contributed by atoms with Crippen LogP contribution in [0.15, 0.2) is 5.34 Å². The summed E-state index contributed by atoms with van der Waals surface area (Å²) in [7, 11) is 0. The Labute approximate surface area is 38.2 Å². The van der Waals surface area contributed by atoms with Crippen LogP contribution in [0.25, 0.3) is 0 Å². The number of nitrogens with zero attached hydrogens (tertiary/aromatic N) is 2. The van der Waals surface area contributed by atoms with Gasteiger partial charge in [-0.1, -0.05) is 0 Å². The van der Waals surface area contributed by atoms with Crippen molar-refractivity contribution in [1.82, 2.24) is 0 Å². The lowest BCUT2D eigenvalue weighted by Gasteiger charge is -1.81. The number of nitro groups is 1. The van der Waals surface area contributed by atoms with Gasteiger partial charge in [0.1, 0.15) is 0 Å². The maximum Gasteiger partial charge on any atom is 0.369 e. The summed E-state index contributed by atoms with van der Waals surface area (Å²) in [5.74, 6) is 0. The fourth-order valence-electron chi connectivity index (χ4n) is 0.0707. The molecule has 0 saturated carbocycles. The fraction of sp³-hybridized carbons (Fsp3) is 1.00. The van der Waals surface area contributed by atoms with Crippen molar-refractivity contribution in [2.75, 3.05) is 6.73 Å². The van der Waals surface area contributed by atoms with Crippen molar-refractivity contribution in [3.8, 4) is 0 Å². The second kappa shape index (κ2) is 3.01. The topological polar surface area (TPSA) is 81.8 Å². The van der Waals surface area contributed by atoms with E-state index in [9.17, 15) is 10.1 Å². The smallest absolute Gasteiger partial charge is 0.291 e. The summed E-state index contributed by atoms with van der Waals surface area (Å²) in [5, 5.41) is 11.0. The van der Waals surface area contributed by atoms with E-state index in [2.05, 4.69) is 4.84 Å². The summed E-state index contributed by atoms with van der Waals surface area (Å²) in [6.07, 6.45) is 0. The van der Waals surface area contributed by atoms with Crippen LogP contribution in [0.1, 0.15) is 0 Å². The standard InChI is InChI=1S/CH2N2O4/c4-2-7-1-3(5)6/h1H2. The van der Waals surface area contributed by atoms with Crippen LogP contribution >= 0.6 is 0 Å². The van der Waals surface area contributed by atoms with Crippen molar-refractivity contribution in [2.45, 2.75) is 0 Å². The molecule has 7 heavy (non-hydrogen) atoms. The molecule has 0 aliphatic carbocycles. The van der Waals surface area contributed by atoms with Crippen molar-refractivity contribution < 1.29 is 9.76 Å². The van der Waals surface area contributed by atoms with Gasteiger partial charge < -0.3 is 0 Å². The van der Waals surface area contributed by atoms with Crippen LogP contribution in [-0.4, -0.2) is 11.7 Å². The van der Waals surface area contributed by atoms with Crippen molar-refractivity contribution in [1.29, 1.82) is 0 Å². The van der Waals surface area contributed by atoms with E-state index in [1.165, 1.54) is 0 Å². The predicted octanol–water partition coefficient (Wildman–Crippen LogP) is -0.0814. The quantitative estimate of drug-likeness (QED) is 0.218. The first-order valence-corrected chi connectivity index (χ1v) is 1.34. The third kappa shape index (κ3) is 4.80. The molecule has 0 aliphatic rings. The normalized spacial score (nSPS) is 7.43. The van der Waals surface area contributed by atoms with E-state index in [1.807, 2.05) is 0 Å². The maximum atomic E-state index is 9.24. The van der Waals surface area contributed by atoms with Crippen LogP contribution in [-0.2, 0) is 4.84 Å². The lowest BCUT2D eigenvalue weighted by Crippen LogP contribution is -2.00. The molecule has 0 unspecified atom stereocenters. The van der Waals surface area contributed by atoms with Gasteiger partial charge in [-0.2, -0.15) is 0 Å². The SMILES string of the molecule is O=NOC[N+](=O)[O-]. The summed E-state index contributed by atoms with van der Waals surface area (Å²) in [4.78, 5) is 20.8. The summed E-state index contributed by atoms with van der Waals surface area (Å²) in [5.41, 5.74) is 0. The molecule has 0 N–H and O–H groups in total. The second-order valence-corrected chi connectivity index (χ2v) is 0.665. The molecule has 0 fully saturated rings. The van der Waals surface area contributed by atoms with Crippen LogP contribution in [0.3, 0.4) is 0 Å². The molecule has 0 heterocycles. The Hall–Kier alpha value is -1.20. The van der Waals surface area contributed by atoms with E-state index in [-0.39, 0.29) is 0 Å². The minimum Gasteiger partial charge on any atom is -0.291 e. The highest BCUT2D eigenvalue weighted by atomic mass is 16.8. The van der Waals surface area contributed by atoms with E-state index in [1.54, 1.807) is 5.34 Å². The molecule has 0 spiro atoms. The van der Waals surface area contributed by atoms with Crippen LogP contribution < -0.4 is 0 Å². The van der Waals surface area contributed by atoms with Gasteiger partial charge >= 0.3 is 6.73 Å². The van der Waals surface area contributed by atoms with Crippen LogP contribution in [0.5, 0.6) is 0 Å². The maximum absolute atomic E-state index is 9.24. The van der Waals surface area contributed by atoms with Gasteiger partial charge in [-0.25, -0.2) is 0 Å². The molecule has 0 aromatic heterocycles. The van der Waals surface area contributed by atoms with Gasteiger partial charge in [0.05, 0.1) is 4.92 Å². The molecule has 0 amide bonds. The second-order valence-electron chi connectivity index (χ2n) is 0.665. The third-order valence-corrected chi connectivity index (χ3v) is 0.216. The molecule has 0 bridgehead atoms. The minimum absolute atomic E-state index is 0.804. The molecule has 0 aromatic carbocycles. The molecule has 6 nitrogen and oxygen atoms in total. The molecule has 0 aliphatic heterocycles. The minimum atomic E-state index is -0.858. The molecule has 0 radical (unpaired) electrons. The van der Waals surface area contributed by atoms with Crippen molar-refractivity contribution >= 4 is 0 Å². The predicted molar refractivity (Wildman–Crippen MR) is 18.7 cm³/mol. The first kappa shape index (κ1) is 5.80. The van der Waals surface area contributed by atoms with E-state index in [0.29, 0.717) is 0 Å². The summed E-state index contributed by atoms with van der Waals surface area (Å²) in [6.45, 7) is -0.858. The van der Waals surface area contributed by atoms with Gasteiger partial charge in [-0.05, 0) is 0 Å². The Morgan fingerprint density at radius 2 is 2.43 bits per heavy atom. The third-order valence-electron chi connectivity index (χ3n) is 0.216. The summed E-state index contributed by atoms with van der Waals surface area (Å²) < 4.78 is 0. The Morgan fingerprint density at radius 1 is 1.86 bits per heavy atom. The highest BCUT2D eigenvalue weighted by molar-refractivity contribution is 4.02. The lowest BCUT2D eigenvalue weighted by molar-refractivity contribution is -0.527. The molecule has 0 saturated heterocycles. The van der Waals surface area contributed by atoms with Crippen LogP contribution in [0, 0.1) is 15.0 Å². The van der Waals surface area contributed by atoms with Crippen molar-refractivity contribution in [3.63, 3.8) is 0 Å². The summed E-state index contributed by atoms with van der Waals surface area (Å²) >= 11 is 0. The highest BCUT2D eigenvalue weighted by Crippen LogP contribution is 1.71. The zero-order valence-electron chi connectivity index (χ0n) is 3.23. The average molecular weight is 106 g/mol. The summed E-state index contributed by atoms with van der Waals surface area (Å²) in [6, 6.07) is 0. The monoisotopic (exact) mass is 106 g/mol. The van der Waals surface area contributed by atoms with Gasteiger partial charge in [0, 0.05) is 0 Å². The van der Waals surface area contributed by atoms with E-state index < -0.39 is 11.7 Å². The molecule has 0 atom stereocenters. The average Bonchev–Trinajstić information content (AvgIpc) is 1.61. The van der Waals surface area contributed by atoms with Crippen molar-refractivity contribution in [2.24, 2.45) is 5.34 Å². The number of hydrogen-bond acceptors (Lipinski definition) is 5.